The molecule has 0 saturated heterocycles. The molecular formula is C18H15BrN2OS. The van der Waals surface area contributed by atoms with Crippen LogP contribution in [0.3, 0.4) is 0 Å². The van der Waals surface area contributed by atoms with Crippen LogP contribution in [-0.4, -0.2) is 17.4 Å². The molecule has 0 spiro atoms. The Morgan fingerprint density at radius 1 is 1.13 bits per heavy atom. The van der Waals surface area contributed by atoms with E-state index in [0.717, 1.165) is 27.2 Å². The van der Waals surface area contributed by atoms with Gasteiger partial charge in [0.1, 0.15) is 5.01 Å². The maximum absolute atomic E-state index is 12.1. The van der Waals surface area contributed by atoms with E-state index in [-0.39, 0.29) is 5.91 Å². The van der Waals surface area contributed by atoms with Crippen molar-refractivity contribution in [2.45, 2.75) is 6.42 Å². The molecule has 0 aliphatic rings. The standard InChI is InChI=1S/C18H15BrN2OS/c19-15-8-4-7-14(11-15)17(22)20-10-9-16-12-23-18(21-16)13-5-2-1-3-6-13/h1-8,11-12H,9-10H2,(H,20,22). The van der Waals surface area contributed by atoms with Crippen LogP contribution in [0.4, 0.5) is 0 Å². The SMILES string of the molecule is O=C(NCCc1csc(-c2ccccc2)n1)c1cccc(Br)c1. The molecule has 23 heavy (non-hydrogen) atoms. The van der Waals surface area contributed by atoms with Crippen LogP contribution in [-0.2, 0) is 6.42 Å². The molecular weight excluding hydrogens is 372 g/mol. The van der Waals surface area contributed by atoms with Crippen LogP contribution in [0.25, 0.3) is 10.6 Å². The predicted octanol–water partition coefficient (Wildman–Crippen LogP) is 4.55. The minimum absolute atomic E-state index is 0.0650. The van der Waals surface area contributed by atoms with Crippen molar-refractivity contribution in [1.82, 2.24) is 10.3 Å². The van der Waals surface area contributed by atoms with Crippen molar-refractivity contribution < 1.29 is 4.79 Å². The molecule has 0 aliphatic carbocycles. The molecule has 2 aromatic carbocycles. The summed E-state index contributed by atoms with van der Waals surface area (Å²) in [6.45, 7) is 0.573. The van der Waals surface area contributed by atoms with E-state index in [1.54, 1.807) is 17.4 Å². The first-order chi connectivity index (χ1) is 11.2. The molecule has 0 aliphatic heterocycles. The van der Waals surface area contributed by atoms with Crippen molar-refractivity contribution in [3.05, 3.63) is 75.7 Å². The van der Waals surface area contributed by atoms with Gasteiger partial charge in [-0.25, -0.2) is 4.98 Å². The van der Waals surface area contributed by atoms with E-state index in [4.69, 9.17) is 0 Å². The molecule has 5 heteroatoms. The van der Waals surface area contributed by atoms with Gasteiger partial charge < -0.3 is 5.32 Å². The zero-order valence-corrected chi connectivity index (χ0v) is 14.7. The van der Waals surface area contributed by atoms with Gasteiger partial charge in [-0.2, -0.15) is 0 Å². The summed E-state index contributed by atoms with van der Waals surface area (Å²) in [5.74, 6) is -0.0650. The van der Waals surface area contributed by atoms with Gasteiger partial charge >= 0.3 is 0 Å². The quantitative estimate of drug-likeness (QED) is 0.698. The second-order valence-electron chi connectivity index (χ2n) is 5.03. The third-order valence-corrected chi connectivity index (χ3v) is 4.76. The van der Waals surface area contributed by atoms with Crippen LogP contribution in [0.15, 0.2) is 64.5 Å². The topological polar surface area (TPSA) is 42.0 Å². The van der Waals surface area contributed by atoms with Crippen molar-refractivity contribution in [3.63, 3.8) is 0 Å². The van der Waals surface area contributed by atoms with Crippen LogP contribution in [0.2, 0.25) is 0 Å². The molecule has 0 bridgehead atoms. The molecule has 0 atom stereocenters. The first kappa shape index (κ1) is 15.9. The number of hydrogen-bond acceptors (Lipinski definition) is 3. The highest BCUT2D eigenvalue weighted by Crippen LogP contribution is 2.23. The maximum atomic E-state index is 12.1. The minimum Gasteiger partial charge on any atom is -0.352 e. The fraction of sp³-hybridized carbons (Fsp3) is 0.111. The summed E-state index contributed by atoms with van der Waals surface area (Å²) in [6, 6.07) is 17.5. The summed E-state index contributed by atoms with van der Waals surface area (Å²) in [5.41, 5.74) is 2.79. The smallest absolute Gasteiger partial charge is 0.251 e. The number of hydrogen-bond donors (Lipinski definition) is 1. The second kappa shape index (κ2) is 7.53. The number of amides is 1. The van der Waals surface area contributed by atoms with E-state index >= 15 is 0 Å². The van der Waals surface area contributed by atoms with Gasteiger partial charge in [0.15, 0.2) is 0 Å². The largest absolute Gasteiger partial charge is 0.352 e. The minimum atomic E-state index is -0.0650. The Labute approximate surface area is 147 Å². The Morgan fingerprint density at radius 2 is 1.96 bits per heavy atom. The number of rotatable bonds is 5. The average molecular weight is 387 g/mol. The van der Waals surface area contributed by atoms with Gasteiger partial charge in [-0.1, -0.05) is 52.3 Å². The normalized spacial score (nSPS) is 10.5. The molecule has 1 heterocycles. The van der Waals surface area contributed by atoms with Crippen LogP contribution in [0, 0.1) is 0 Å². The number of carbonyl (C=O) groups is 1. The molecule has 0 radical (unpaired) electrons. The second-order valence-corrected chi connectivity index (χ2v) is 6.80. The lowest BCUT2D eigenvalue weighted by Gasteiger charge is -2.04. The van der Waals surface area contributed by atoms with E-state index in [2.05, 4.69) is 38.4 Å². The highest BCUT2D eigenvalue weighted by molar-refractivity contribution is 9.10. The van der Waals surface area contributed by atoms with E-state index in [1.807, 2.05) is 41.8 Å². The lowest BCUT2D eigenvalue weighted by atomic mass is 10.2. The Hall–Kier alpha value is -1.98. The summed E-state index contributed by atoms with van der Waals surface area (Å²) in [6.07, 6.45) is 0.725. The number of aromatic nitrogens is 1. The predicted molar refractivity (Wildman–Crippen MR) is 97.7 cm³/mol. The molecule has 1 amide bonds. The van der Waals surface area contributed by atoms with Crippen molar-refractivity contribution in [2.24, 2.45) is 0 Å². The fourth-order valence-corrected chi connectivity index (χ4v) is 3.43. The van der Waals surface area contributed by atoms with Crippen molar-refractivity contribution in [3.8, 4) is 10.6 Å². The van der Waals surface area contributed by atoms with E-state index in [0.29, 0.717) is 12.1 Å². The van der Waals surface area contributed by atoms with Crippen LogP contribution in [0.5, 0.6) is 0 Å². The van der Waals surface area contributed by atoms with Gasteiger partial charge in [0, 0.05) is 33.9 Å². The van der Waals surface area contributed by atoms with Gasteiger partial charge in [0.2, 0.25) is 0 Å². The fourth-order valence-electron chi connectivity index (χ4n) is 2.17. The zero-order chi connectivity index (χ0) is 16.1. The number of thiazole rings is 1. The Balaban J connectivity index is 1.55. The highest BCUT2D eigenvalue weighted by Gasteiger charge is 2.07. The molecule has 0 unspecified atom stereocenters. The first-order valence-electron chi connectivity index (χ1n) is 7.26. The van der Waals surface area contributed by atoms with Gasteiger partial charge in [-0.05, 0) is 18.2 Å². The summed E-state index contributed by atoms with van der Waals surface area (Å²) >= 11 is 5.00. The maximum Gasteiger partial charge on any atom is 0.251 e. The Bertz CT molecular complexity index is 802. The van der Waals surface area contributed by atoms with Crippen LogP contribution >= 0.6 is 27.3 Å². The average Bonchev–Trinajstić information content (AvgIpc) is 3.04. The van der Waals surface area contributed by atoms with Crippen LogP contribution in [0.1, 0.15) is 16.1 Å². The molecule has 3 aromatic rings. The summed E-state index contributed by atoms with van der Waals surface area (Å²) in [7, 11) is 0. The lowest BCUT2D eigenvalue weighted by molar-refractivity contribution is 0.0954. The zero-order valence-electron chi connectivity index (χ0n) is 12.3. The third-order valence-electron chi connectivity index (χ3n) is 3.33. The van der Waals surface area contributed by atoms with Crippen molar-refractivity contribution in [1.29, 1.82) is 0 Å². The molecule has 1 N–H and O–H groups in total. The molecule has 0 fully saturated rings. The van der Waals surface area contributed by atoms with Gasteiger partial charge in [-0.3, -0.25) is 4.79 Å². The summed E-state index contributed by atoms with van der Waals surface area (Å²) < 4.78 is 0.900. The summed E-state index contributed by atoms with van der Waals surface area (Å²) in [4.78, 5) is 16.7. The van der Waals surface area contributed by atoms with E-state index < -0.39 is 0 Å². The molecule has 3 rings (SSSR count). The number of carbonyl (C=O) groups excluding carboxylic acids is 1. The summed E-state index contributed by atoms with van der Waals surface area (Å²) in [5, 5.41) is 5.99. The molecule has 0 saturated carbocycles. The van der Waals surface area contributed by atoms with Crippen LogP contribution < -0.4 is 5.32 Å². The molecule has 1 aromatic heterocycles. The number of benzene rings is 2. The van der Waals surface area contributed by atoms with Gasteiger partial charge in [-0.15, -0.1) is 11.3 Å². The van der Waals surface area contributed by atoms with E-state index in [1.165, 1.54) is 0 Å². The Kier molecular flexibility index (Phi) is 5.20. The highest BCUT2D eigenvalue weighted by atomic mass is 79.9. The number of halogens is 1. The monoisotopic (exact) mass is 386 g/mol. The third kappa shape index (κ3) is 4.27. The Morgan fingerprint density at radius 3 is 2.74 bits per heavy atom. The first-order valence-corrected chi connectivity index (χ1v) is 8.93. The van der Waals surface area contributed by atoms with E-state index in [9.17, 15) is 4.79 Å². The van der Waals surface area contributed by atoms with Gasteiger partial charge in [0.25, 0.3) is 5.91 Å². The molecule has 116 valence electrons. The lowest BCUT2D eigenvalue weighted by Crippen LogP contribution is -2.25. The van der Waals surface area contributed by atoms with Gasteiger partial charge in [0.05, 0.1) is 5.69 Å². The van der Waals surface area contributed by atoms with Crippen molar-refractivity contribution in [2.75, 3.05) is 6.54 Å². The number of nitrogens with one attached hydrogen (secondary N) is 1. The van der Waals surface area contributed by atoms with Crippen molar-refractivity contribution >= 4 is 33.2 Å². The number of nitrogens with zero attached hydrogens (tertiary/aromatic N) is 1. The molecule has 3 nitrogen and oxygen atoms in total.